The molecule has 0 N–H and O–H groups in total. The maximum atomic E-state index is 11.7. The van der Waals surface area contributed by atoms with Gasteiger partial charge in [-0.15, -0.1) is 0 Å². The smallest absolute Gasteiger partial charge is 0.135 e. The van der Waals surface area contributed by atoms with E-state index in [2.05, 4.69) is 27.7 Å². The topological polar surface area (TPSA) is 26.3 Å². The first-order chi connectivity index (χ1) is 7.80. The van der Waals surface area contributed by atoms with Gasteiger partial charge in [-0.2, -0.15) is 0 Å². The third kappa shape index (κ3) is 1.85. The molecule has 1 saturated carbocycles. The lowest BCUT2D eigenvalue weighted by Gasteiger charge is -2.51. The van der Waals surface area contributed by atoms with Gasteiger partial charge in [-0.05, 0) is 44.4 Å². The number of hydrogen-bond donors (Lipinski definition) is 0. The van der Waals surface area contributed by atoms with Crippen LogP contribution in [0.1, 0.15) is 60.3 Å². The summed E-state index contributed by atoms with van der Waals surface area (Å²) in [6.45, 7) is 10.7. The van der Waals surface area contributed by atoms with Crippen molar-refractivity contribution in [1.82, 2.24) is 0 Å². The van der Waals surface area contributed by atoms with Crippen molar-refractivity contribution in [2.45, 2.75) is 72.0 Å². The number of rotatable bonds is 1. The molecule has 2 rings (SSSR count). The molecule has 2 fully saturated rings. The summed E-state index contributed by atoms with van der Waals surface area (Å²) in [4.78, 5) is 11.7. The highest BCUT2D eigenvalue weighted by molar-refractivity contribution is 5.79. The van der Waals surface area contributed by atoms with Gasteiger partial charge in [0.25, 0.3) is 0 Å². The second-order valence-electron chi connectivity index (χ2n) is 6.81. The number of carbonyl (C=O) groups excluding carboxylic acids is 1. The SMILES string of the molecule is CC(=O)C1C[C@]2(OC1C)[C@@H](C)CCCC2(C)C. The third-order valence-corrected chi connectivity index (χ3v) is 5.39. The molecule has 1 aliphatic heterocycles. The Balaban J connectivity index is 2.32. The maximum Gasteiger partial charge on any atom is 0.135 e. The molecule has 1 aliphatic carbocycles. The van der Waals surface area contributed by atoms with Crippen LogP contribution >= 0.6 is 0 Å². The molecule has 2 aliphatic rings. The fourth-order valence-corrected chi connectivity index (χ4v) is 4.14. The monoisotopic (exact) mass is 238 g/mol. The van der Waals surface area contributed by atoms with E-state index in [0.717, 1.165) is 6.42 Å². The van der Waals surface area contributed by atoms with Gasteiger partial charge in [-0.1, -0.05) is 27.2 Å². The molecule has 0 aromatic rings. The largest absolute Gasteiger partial charge is 0.370 e. The minimum atomic E-state index is -0.0684. The van der Waals surface area contributed by atoms with Crippen LogP contribution in [-0.2, 0) is 9.53 Å². The van der Waals surface area contributed by atoms with Crippen molar-refractivity contribution in [2.75, 3.05) is 0 Å². The standard InChI is InChI=1S/C15H26O2/c1-10-7-6-8-14(4,5)15(10)9-13(11(2)16)12(3)17-15/h10,12-13H,6-9H2,1-5H3/t10-,12?,13?,15-/m0/s1. The van der Waals surface area contributed by atoms with E-state index in [-0.39, 0.29) is 23.0 Å². The summed E-state index contributed by atoms with van der Waals surface area (Å²) in [5.41, 5.74) is 0.129. The third-order valence-electron chi connectivity index (χ3n) is 5.39. The number of carbonyl (C=O) groups is 1. The van der Waals surface area contributed by atoms with Crippen molar-refractivity contribution < 1.29 is 9.53 Å². The van der Waals surface area contributed by atoms with E-state index in [1.54, 1.807) is 6.92 Å². The Hall–Kier alpha value is -0.370. The van der Waals surface area contributed by atoms with Crippen LogP contribution < -0.4 is 0 Å². The quantitative estimate of drug-likeness (QED) is 0.698. The first-order valence-electron chi connectivity index (χ1n) is 6.98. The minimum Gasteiger partial charge on any atom is -0.370 e. The molecule has 0 amide bonds. The van der Waals surface area contributed by atoms with Crippen LogP contribution in [0.3, 0.4) is 0 Å². The number of ketones is 1. The second kappa shape index (κ2) is 4.08. The molecule has 2 nitrogen and oxygen atoms in total. The number of ether oxygens (including phenoxy) is 1. The fraction of sp³-hybridized carbons (Fsp3) is 0.933. The van der Waals surface area contributed by atoms with E-state index in [9.17, 15) is 4.79 Å². The predicted octanol–water partition coefficient (Wildman–Crippen LogP) is 3.59. The first-order valence-corrected chi connectivity index (χ1v) is 6.98. The summed E-state index contributed by atoms with van der Waals surface area (Å²) in [6, 6.07) is 0. The lowest BCUT2D eigenvalue weighted by atomic mass is 9.59. The lowest BCUT2D eigenvalue weighted by molar-refractivity contribution is -0.163. The average molecular weight is 238 g/mol. The lowest BCUT2D eigenvalue weighted by Crippen LogP contribution is -2.52. The van der Waals surface area contributed by atoms with Crippen molar-refractivity contribution in [2.24, 2.45) is 17.3 Å². The number of hydrogen-bond acceptors (Lipinski definition) is 2. The zero-order valence-corrected chi connectivity index (χ0v) is 11.9. The van der Waals surface area contributed by atoms with Crippen molar-refractivity contribution in [3.05, 3.63) is 0 Å². The molecular weight excluding hydrogens is 212 g/mol. The van der Waals surface area contributed by atoms with Gasteiger partial charge in [0.2, 0.25) is 0 Å². The van der Waals surface area contributed by atoms with Crippen molar-refractivity contribution >= 4 is 5.78 Å². The van der Waals surface area contributed by atoms with Gasteiger partial charge in [0, 0.05) is 5.92 Å². The van der Waals surface area contributed by atoms with Crippen molar-refractivity contribution in [3.63, 3.8) is 0 Å². The minimum absolute atomic E-state index is 0.0684. The molecule has 4 atom stereocenters. The van der Waals surface area contributed by atoms with E-state index >= 15 is 0 Å². The van der Waals surface area contributed by atoms with Gasteiger partial charge >= 0.3 is 0 Å². The van der Waals surface area contributed by atoms with Gasteiger partial charge in [-0.25, -0.2) is 0 Å². The van der Waals surface area contributed by atoms with E-state index < -0.39 is 0 Å². The van der Waals surface area contributed by atoms with E-state index in [1.165, 1.54) is 19.3 Å². The van der Waals surface area contributed by atoms with E-state index in [1.807, 2.05) is 0 Å². The van der Waals surface area contributed by atoms with Crippen LogP contribution in [0.2, 0.25) is 0 Å². The average Bonchev–Trinajstić information content (AvgIpc) is 2.55. The summed E-state index contributed by atoms with van der Waals surface area (Å²) < 4.78 is 6.37. The molecule has 2 heteroatoms. The highest BCUT2D eigenvalue weighted by Gasteiger charge is 2.58. The highest BCUT2D eigenvalue weighted by Crippen LogP contribution is 2.56. The van der Waals surface area contributed by atoms with Crippen LogP contribution in [0, 0.1) is 17.3 Å². The van der Waals surface area contributed by atoms with Gasteiger partial charge < -0.3 is 4.74 Å². The molecule has 2 unspecified atom stereocenters. The Bertz CT molecular complexity index is 321. The highest BCUT2D eigenvalue weighted by atomic mass is 16.5. The Morgan fingerprint density at radius 2 is 1.94 bits per heavy atom. The fourth-order valence-electron chi connectivity index (χ4n) is 4.14. The van der Waals surface area contributed by atoms with Crippen LogP contribution in [0.25, 0.3) is 0 Å². The Morgan fingerprint density at radius 1 is 1.29 bits per heavy atom. The maximum absolute atomic E-state index is 11.7. The van der Waals surface area contributed by atoms with Crippen molar-refractivity contribution in [3.8, 4) is 0 Å². The zero-order chi connectivity index (χ0) is 12.8. The Kier molecular flexibility index (Phi) is 3.14. The molecule has 0 aromatic carbocycles. The molecule has 1 saturated heterocycles. The van der Waals surface area contributed by atoms with E-state index in [4.69, 9.17) is 4.74 Å². The molecule has 98 valence electrons. The van der Waals surface area contributed by atoms with Crippen LogP contribution in [0.5, 0.6) is 0 Å². The molecule has 0 radical (unpaired) electrons. The van der Waals surface area contributed by atoms with Crippen LogP contribution in [-0.4, -0.2) is 17.5 Å². The first kappa shape index (κ1) is 13.1. The van der Waals surface area contributed by atoms with Crippen LogP contribution in [0.4, 0.5) is 0 Å². The van der Waals surface area contributed by atoms with Crippen LogP contribution in [0.15, 0.2) is 0 Å². The summed E-state index contributed by atoms with van der Waals surface area (Å²) >= 11 is 0. The zero-order valence-electron chi connectivity index (χ0n) is 11.9. The molecule has 17 heavy (non-hydrogen) atoms. The summed E-state index contributed by atoms with van der Waals surface area (Å²) in [6.07, 6.45) is 4.76. The normalized spacial score (nSPS) is 45.1. The molecule has 1 heterocycles. The molecule has 0 aromatic heterocycles. The molecule has 0 bridgehead atoms. The Morgan fingerprint density at radius 3 is 2.41 bits per heavy atom. The van der Waals surface area contributed by atoms with Gasteiger partial charge in [0.15, 0.2) is 0 Å². The summed E-state index contributed by atoms with van der Waals surface area (Å²) in [5, 5.41) is 0. The Labute approximate surface area is 105 Å². The van der Waals surface area contributed by atoms with Gasteiger partial charge in [-0.3, -0.25) is 4.79 Å². The summed E-state index contributed by atoms with van der Waals surface area (Å²) in [5.74, 6) is 0.968. The van der Waals surface area contributed by atoms with Crippen molar-refractivity contribution in [1.29, 1.82) is 0 Å². The number of Topliss-reactive ketones (excluding diaryl/α,β-unsaturated/α-hetero) is 1. The molecular formula is C15H26O2. The second-order valence-corrected chi connectivity index (χ2v) is 6.81. The van der Waals surface area contributed by atoms with Gasteiger partial charge in [0.1, 0.15) is 5.78 Å². The predicted molar refractivity (Wildman–Crippen MR) is 68.9 cm³/mol. The summed E-state index contributed by atoms with van der Waals surface area (Å²) in [7, 11) is 0. The van der Waals surface area contributed by atoms with Gasteiger partial charge in [0.05, 0.1) is 11.7 Å². The molecule has 1 spiro atoms. The van der Waals surface area contributed by atoms with E-state index in [0.29, 0.717) is 11.7 Å².